The zero-order valence-electron chi connectivity index (χ0n) is 13.8. The molecule has 1 aromatic heterocycles. The van der Waals surface area contributed by atoms with Gasteiger partial charge in [0.1, 0.15) is 6.10 Å². The van der Waals surface area contributed by atoms with E-state index in [1.165, 1.54) is 16.3 Å². The summed E-state index contributed by atoms with van der Waals surface area (Å²) >= 11 is 0. The summed E-state index contributed by atoms with van der Waals surface area (Å²) in [6, 6.07) is 18.7. The third kappa shape index (κ3) is 2.37. The monoisotopic (exact) mass is 331 g/mol. The van der Waals surface area contributed by atoms with Crippen molar-refractivity contribution >= 4 is 21.9 Å². The Labute approximate surface area is 144 Å². The molecular formula is C21H17NO3. The van der Waals surface area contributed by atoms with Crippen LogP contribution in [0.3, 0.4) is 0 Å². The molecule has 0 bridgehead atoms. The van der Waals surface area contributed by atoms with Gasteiger partial charge in [0, 0.05) is 0 Å². The fourth-order valence-corrected chi connectivity index (χ4v) is 3.77. The van der Waals surface area contributed by atoms with Crippen molar-refractivity contribution in [1.82, 2.24) is 4.98 Å². The van der Waals surface area contributed by atoms with Gasteiger partial charge in [0.15, 0.2) is 5.58 Å². The van der Waals surface area contributed by atoms with Crippen LogP contribution in [0.15, 0.2) is 63.8 Å². The molecular weight excluding hydrogens is 314 g/mol. The van der Waals surface area contributed by atoms with E-state index in [-0.39, 0.29) is 12.2 Å². The summed E-state index contributed by atoms with van der Waals surface area (Å²) < 4.78 is 11.5. The minimum absolute atomic E-state index is 0.111. The van der Waals surface area contributed by atoms with Gasteiger partial charge >= 0.3 is 5.76 Å². The van der Waals surface area contributed by atoms with E-state index in [4.69, 9.17) is 9.15 Å². The average Bonchev–Trinajstić information content (AvgIpc) is 2.97. The molecule has 124 valence electrons. The SMILES string of the molecule is CC1Cc2cc3[nH]c(=O)oc3cc2C(c2ccc3ccccc3c2)O1. The van der Waals surface area contributed by atoms with Gasteiger partial charge in [-0.2, -0.15) is 0 Å². The molecule has 4 nitrogen and oxygen atoms in total. The normalized spacial score (nSPS) is 20.0. The number of ether oxygens (including phenoxy) is 1. The first-order chi connectivity index (χ1) is 12.2. The van der Waals surface area contributed by atoms with Crippen LogP contribution in [0.4, 0.5) is 0 Å². The molecule has 1 N–H and O–H groups in total. The fraction of sp³-hybridized carbons (Fsp3) is 0.190. The first-order valence-electron chi connectivity index (χ1n) is 8.47. The molecule has 4 heteroatoms. The smallest absolute Gasteiger partial charge is 0.408 e. The lowest BCUT2D eigenvalue weighted by Gasteiger charge is -2.31. The lowest BCUT2D eigenvalue weighted by molar-refractivity contribution is 0.00743. The Kier molecular flexibility index (Phi) is 3.09. The molecule has 1 aliphatic heterocycles. The van der Waals surface area contributed by atoms with Crippen LogP contribution < -0.4 is 5.76 Å². The van der Waals surface area contributed by atoms with Crippen molar-refractivity contribution in [2.45, 2.75) is 25.6 Å². The molecule has 0 saturated carbocycles. The molecule has 1 aliphatic rings. The highest BCUT2D eigenvalue weighted by molar-refractivity contribution is 5.83. The molecule has 2 heterocycles. The molecule has 25 heavy (non-hydrogen) atoms. The molecule has 4 aromatic rings. The summed E-state index contributed by atoms with van der Waals surface area (Å²) in [5.41, 5.74) is 4.71. The lowest BCUT2D eigenvalue weighted by Crippen LogP contribution is -2.24. The van der Waals surface area contributed by atoms with E-state index in [1.54, 1.807) is 0 Å². The van der Waals surface area contributed by atoms with Crippen molar-refractivity contribution in [1.29, 1.82) is 0 Å². The van der Waals surface area contributed by atoms with E-state index in [0.717, 1.165) is 23.1 Å². The van der Waals surface area contributed by atoms with Crippen molar-refractivity contribution in [3.8, 4) is 0 Å². The largest absolute Gasteiger partial charge is 0.417 e. The third-order valence-electron chi connectivity index (χ3n) is 4.92. The number of fused-ring (bicyclic) bond motifs is 3. The summed E-state index contributed by atoms with van der Waals surface area (Å²) in [6.45, 7) is 2.08. The van der Waals surface area contributed by atoms with Gasteiger partial charge < -0.3 is 9.15 Å². The Morgan fingerprint density at radius 1 is 1.04 bits per heavy atom. The van der Waals surface area contributed by atoms with E-state index >= 15 is 0 Å². The van der Waals surface area contributed by atoms with Gasteiger partial charge in [-0.25, -0.2) is 4.79 Å². The van der Waals surface area contributed by atoms with E-state index in [0.29, 0.717) is 5.58 Å². The number of nitrogens with one attached hydrogen (secondary N) is 1. The second-order valence-electron chi connectivity index (χ2n) is 6.70. The summed E-state index contributed by atoms with van der Waals surface area (Å²) in [6.07, 6.45) is 0.774. The second-order valence-corrected chi connectivity index (χ2v) is 6.70. The van der Waals surface area contributed by atoms with Gasteiger partial charge in [-0.15, -0.1) is 0 Å². The second kappa shape index (κ2) is 5.33. The van der Waals surface area contributed by atoms with Crippen LogP contribution in [-0.2, 0) is 11.2 Å². The van der Waals surface area contributed by atoms with Gasteiger partial charge in [-0.05, 0) is 59.0 Å². The molecule has 2 atom stereocenters. The Bertz CT molecular complexity index is 1150. The molecule has 0 amide bonds. The molecule has 0 radical (unpaired) electrons. The van der Waals surface area contributed by atoms with Gasteiger partial charge in [0.2, 0.25) is 0 Å². The van der Waals surface area contributed by atoms with E-state index in [2.05, 4.69) is 42.2 Å². The zero-order valence-corrected chi connectivity index (χ0v) is 13.8. The molecule has 2 unspecified atom stereocenters. The van der Waals surface area contributed by atoms with Crippen LogP contribution in [-0.4, -0.2) is 11.1 Å². The highest BCUT2D eigenvalue weighted by Crippen LogP contribution is 2.37. The van der Waals surface area contributed by atoms with Gasteiger partial charge in [0.05, 0.1) is 11.6 Å². The van der Waals surface area contributed by atoms with Gasteiger partial charge in [-0.1, -0.05) is 36.4 Å². The Morgan fingerprint density at radius 3 is 2.76 bits per heavy atom. The number of aromatic nitrogens is 1. The van der Waals surface area contributed by atoms with E-state index in [1.807, 2.05) is 24.3 Å². The number of hydrogen-bond donors (Lipinski definition) is 1. The zero-order chi connectivity index (χ0) is 17.0. The molecule has 0 aliphatic carbocycles. The first-order valence-corrected chi connectivity index (χ1v) is 8.47. The number of hydrogen-bond acceptors (Lipinski definition) is 3. The topological polar surface area (TPSA) is 55.2 Å². The van der Waals surface area contributed by atoms with Crippen molar-refractivity contribution in [3.05, 3.63) is 81.8 Å². The van der Waals surface area contributed by atoms with Crippen LogP contribution >= 0.6 is 0 Å². The molecule has 5 rings (SSSR count). The van der Waals surface area contributed by atoms with Crippen LogP contribution in [0.1, 0.15) is 29.7 Å². The number of rotatable bonds is 1. The average molecular weight is 331 g/mol. The first kappa shape index (κ1) is 14.5. The van der Waals surface area contributed by atoms with Gasteiger partial charge in [0.25, 0.3) is 0 Å². The minimum atomic E-state index is -0.423. The summed E-state index contributed by atoms with van der Waals surface area (Å²) in [7, 11) is 0. The van der Waals surface area contributed by atoms with Crippen LogP contribution in [0, 0.1) is 0 Å². The third-order valence-corrected chi connectivity index (χ3v) is 4.92. The number of H-pyrrole nitrogens is 1. The van der Waals surface area contributed by atoms with Crippen molar-refractivity contribution in [2.75, 3.05) is 0 Å². The number of aromatic amines is 1. The number of benzene rings is 3. The molecule has 0 saturated heterocycles. The highest BCUT2D eigenvalue weighted by Gasteiger charge is 2.28. The predicted molar refractivity (Wildman–Crippen MR) is 96.9 cm³/mol. The summed E-state index contributed by atoms with van der Waals surface area (Å²) in [4.78, 5) is 14.3. The standard InChI is InChI=1S/C21H17NO3/c1-12-8-16-10-18-19(25-21(23)22-18)11-17(16)20(24-12)15-7-6-13-4-2-3-5-14(13)9-15/h2-7,9-12,20H,8H2,1H3,(H,22,23). The Hall–Kier alpha value is -2.85. The fourth-order valence-electron chi connectivity index (χ4n) is 3.77. The maximum Gasteiger partial charge on any atom is 0.417 e. The maximum atomic E-state index is 11.5. The minimum Gasteiger partial charge on any atom is -0.408 e. The maximum absolute atomic E-state index is 11.5. The van der Waals surface area contributed by atoms with Crippen molar-refractivity contribution in [3.63, 3.8) is 0 Å². The molecule has 3 aromatic carbocycles. The van der Waals surface area contributed by atoms with Crippen LogP contribution in [0.5, 0.6) is 0 Å². The predicted octanol–water partition coefficient (Wildman–Crippen LogP) is 4.32. The summed E-state index contributed by atoms with van der Waals surface area (Å²) in [5, 5.41) is 2.40. The van der Waals surface area contributed by atoms with Gasteiger partial charge in [-0.3, -0.25) is 4.98 Å². The highest BCUT2D eigenvalue weighted by atomic mass is 16.5. The summed E-state index contributed by atoms with van der Waals surface area (Å²) in [5.74, 6) is -0.423. The number of oxazole rings is 1. The molecule has 0 fully saturated rings. The Morgan fingerprint density at radius 2 is 1.88 bits per heavy atom. The van der Waals surface area contributed by atoms with Crippen molar-refractivity contribution < 1.29 is 9.15 Å². The van der Waals surface area contributed by atoms with Crippen LogP contribution in [0.2, 0.25) is 0 Å². The lowest BCUT2D eigenvalue weighted by atomic mass is 9.89. The van der Waals surface area contributed by atoms with E-state index in [9.17, 15) is 4.79 Å². The Balaban J connectivity index is 1.70. The van der Waals surface area contributed by atoms with Crippen molar-refractivity contribution in [2.24, 2.45) is 0 Å². The van der Waals surface area contributed by atoms with Crippen LogP contribution in [0.25, 0.3) is 21.9 Å². The molecule has 0 spiro atoms. The quantitative estimate of drug-likeness (QED) is 0.565. The van der Waals surface area contributed by atoms with E-state index < -0.39 is 5.76 Å².